The molecule has 0 heterocycles. The molecule has 0 aliphatic heterocycles. The summed E-state index contributed by atoms with van der Waals surface area (Å²) in [6.45, 7) is 8.42. The number of carbonyl (C=O) groups excluding carboxylic acids is 2. The summed E-state index contributed by atoms with van der Waals surface area (Å²) in [4.78, 5) is 27.6. The van der Waals surface area contributed by atoms with Gasteiger partial charge in [0.25, 0.3) is 0 Å². The molecular formula is C27H39N3O5S. The Morgan fingerprint density at radius 1 is 1.08 bits per heavy atom. The highest BCUT2D eigenvalue weighted by Crippen LogP contribution is 2.25. The largest absolute Gasteiger partial charge is 0.497 e. The van der Waals surface area contributed by atoms with E-state index in [0.717, 1.165) is 23.1 Å². The van der Waals surface area contributed by atoms with E-state index in [1.165, 1.54) is 10.6 Å². The van der Waals surface area contributed by atoms with E-state index in [9.17, 15) is 18.0 Å². The highest BCUT2D eigenvalue weighted by Gasteiger charge is 2.26. The van der Waals surface area contributed by atoms with Crippen LogP contribution < -0.4 is 14.4 Å². The molecule has 2 rings (SSSR count). The van der Waals surface area contributed by atoms with Gasteiger partial charge in [-0.05, 0) is 68.5 Å². The highest BCUT2D eigenvalue weighted by atomic mass is 32.2. The zero-order chi connectivity index (χ0) is 26.9. The molecule has 2 aromatic rings. The molecule has 0 saturated heterocycles. The van der Waals surface area contributed by atoms with Gasteiger partial charge in [-0.15, -0.1) is 0 Å². The third-order valence-electron chi connectivity index (χ3n) is 6.01. The summed E-state index contributed by atoms with van der Waals surface area (Å²) in [5.41, 5.74) is 3.29. The molecule has 0 fully saturated rings. The summed E-state index contributed by atoms with van der Waals surface area (Å²) < 4.78 is 31.7. The highest BCUT2D eigenvalue weighted by molar-refractivity contribution is 7.92. The van der Waals surface area contributed by atoms with Crippen molar-refractivity contribution in [2.75, 3.05) is 30.8 Å². The molecule has 198 valence electrons. The lowest BCUT2D eigenvalue weighted by Crippen LogP contribution is -2.47. The SMILES string of the molecule is CCCNC(=O)[C@H](C)N(Cc1ccc(OC)cc1)C(=O)CCCN(c1cc(C)ccc1C)S(C)(=O)=O. The van der Waals surface area contributed by atoms with Gasteiger partial charge in [0.15, 0.2) is 0 Å². The van der Waals surface area contributed by atoms with Gasteiger partial charge in [-0.3, -0.25) is 13.9 Å². The molecule has 0 radical (unpaired) electrons. The topological polar surface area (TPSA) is 96.0 Å². The van der Waals surface area contributed by atoms with Crippen molar-refractivity contribution in [3.8, 4) is 5.75 Å². The predicted molar refractivity (Wildman–Crippen MR) is 144 cm³/mol. The number of carbonyl (C=O) groups is 2. The van der Waals surface area contributed by atoms with Crippen molar-refractivity contribution < 1.29 is 22.7 Å². The van der Waals surface area contributed by atoms with Crippen LogP contribution in [0.2, 0.25) is 0 Å². The number of methoxy groups -OCH3 is 1. The lowest BCUT2D eigenvalue weighted by molar-refractivity contribution is -0.140. The normalized spacial score (nSPS) is 12.1. The number of anilines is 1. The van der Waals surface area contributed by atoms with Gasteiger partial charge in [0, 0.05) is 26.1 Å². The Bertz CT molecular complexity index is 1130. The molecule has 0 unspecified atom stereocenters. The monoisotopic (exact) mass is 517 g/mol. The van der Waals surface area contributed by atoms with E-state index >= 15 is 0 Å². The Morgan fingerprint density at radius 3 is 2.33 bits per heavy atom. The summed E-state index contributed by atoms with van der Waals surface area (Å²) in [7, 11) is -1.95. The van der Waals surface area contributed by atoms with Crippen molar-refractivity contribution >= 4 is 27.5 Å². The average Bonchev–Trinajstić information content (AvgIpc) is 2.84. The summed E-state index contributed by atoms with van der Waals surface area (Å²) >= 11 is 0. The van der Waals surface area contributed by atoms with Crippen LogP contribution >= 0.6 is 0 Å². The van der Waals surface area contributed by atoms with Gasteiger partial charge in [-0.1, -0.05) is 31.2 Å². The molecule has 2 aromatic carbocycles. The maximum Gasteiger partial charge on any atom is 0.242 e. The predicted octanol–water partition coefficient (Wildman–Crippen LogP) is 3.80. The lowest BCUT2D eigenvalue weighted by atomic mass is 10.1. The first-order chi connectivity index (χ1) is 17.0. The maximum atomic E-state index is 13.3. The van der Waals surface area contributed by atoms with Crippen molar-refractivity contribution in [2.24, 2.45) is 0 Å². The minimum atomic E-state index is -3.54. The first-order valence-corrected chi connectivity index (χ1v) is 14.1. The number of nitrogens with one attached hydrogen (secondary N) is 1. The van der Waals surface area contributed by atoms with Gasteiger partial charge >= 0.3 is 0 Å². The Labute approximate surface area is 215 Å². The second kappa shape index (κ2) is 13.3. The number of amides is 2. The molecule has 1 N–H and O–H groups in total. The van der Waals surface area contributed by atoms with E-state index in [1.807, 2.05) is 63.2 Å². The van der Waals surface area contributed by atoms with Crippen LogP contribution in [0.15, 0.2) is 42.5 Å². The number of rotatable bonds is 13. The van der Waals surface area contributed by atoms with E-state index in [0.29, 0.717) is 24.4 Å². The van der Waals surface area contributed by atoms with Crippen molar-refractivity contribution in [1.82, 2.24) is 10.2 Å². The fraction of sp³-hybridized carbons (Fsp3) is 0.481. The quantitative estimate of drug-likeness (QED) is 0.436. The number of aryl methyl sites for hydroxylation is 2. The Kier molecular flexibility index (Phi) is 10.8. The summed E-state index contributed by atoms with van der Waals surface area (Å²) in [5, 5.41) is 2.86. The van der Waals surface area contributed by atoms with Crippen molar-refractivity contribution in [2.45, 2.75) is 59.5 Å². The number of sulfonamides is 1. The molecule has 9 heteroatoms. The van der Waals surface area contributed by atoms with Crippen molar-refractivity contribution in [3.63, 3.8) is 0 Å². The van der Waals surface area contributed by atoms with E-state index in [-0.39, 0.29) is 31.3 Å². The van der Waals surface area contributed by atoms with E-state index in [4.69, 9.17) is 4.74 Å². The van der Waals surface area contributed by atoms with Crippen LogP contribution in [0.3, 0.4) is 0 Å². The number of hydrogen-bond acceptors (Lipinski definition) is 5. The summed E-state index contributed by atoms with van der Waals surface area (Å²) in [6, 6.07) is 12.3. The Balaban J connectivity index is 2.19. The lowest BCUT2D eigenvalue weighted by Gasteiger charge is -2.29. The maximum absolute atomic E-state index is 13.3. The second-order valence-corrected chi connectivity index (χ2v) is 11.0. The summed E-state index contributed by atoms with van der Waals surface area (Å²) in [6.07, 6.45) is 2.40. The molecule has 0 aromatic heterocycles. The second-order valence-electron chi connectivity index (χ2n) is 9.07. The molecule has 2 amide bonds. The number of benzene rings is 2. The summed E-state index contributed by atoms with van der Waals surface area (Å²) in [5.74, 6) is 0.281. The number of hydrogen-bond donors (Lipinski definition) is 1. The van der Waals surface area contributed by atoms with E-state index in [1.54, 1.807) is 18.9 Å². The molecule has 1 atom stereocenters. The minimum absolute atomic E-state index is 0.110. The first kappa shape index (κ1) is 29.2. The van der Waals surface area contributed by atoms with Crippen LogP contribution in [0.4, 0.5) is 5.69 Å². The first-order valence-electron chi connectivity index (χ1n) is 12.2. The molecule has 0 bridgehead atoms. The molecule has 0 saturated carbocycles. The number of nitrogens with zero attached hydrogens (tertiary/aromatic N) is 2. The van der Waals surface area contributed by atoms with Gasteiger partial charge in [-0.2, -0.15) is 0 Å². The third-order valence-corrected chi connectivity index (χ3v) is 7.19. The van der Waals surface area contributed by atoms with Crippen LogP contribution in [0.25, 0.3) is 0 Å². The van der Waals surface area contributed by atoms with Crippen LogP contribution in [-0.4, -0.2) is 57.6 Å². The molecule has 8 nitrogen and oxygen atoms in total. The zero-order valence-electron chi connectivity index (χ0n) is 22.2. The van der Waals surface area contributed by atoms with Crippen LogP contribution in [0.5, 0.6) is 5.75 Å². The van der Waals surface area contributed by atoms with Crippen molar-refractivity contribution in [1.29, 1.82) is 0 Å². The van der Waals surface area contributed by atoms with Gasteiger partial charge < -0.3 is 15.0 Å². The number of ether oxygens (including phenoxy) is 1. The molecule has 36 heavy (non-hydrogen) atoms. The van der Waals surface area contributed by atoms with E-state index < -0.39 is 16.1 Å². The zero-order valence-corrected chi connectivity index (χ0v) is 23.0. The third kappa shape index (κ3) is 8.26. The van der Waals surface area contributed by atoms with Crippen LogP contribution in [-0.2, 0) is 26.2 Å². The fourth-order valence-corrected chi connectivity index (χ4v) is 4.89. The van der Waals surface area contributed by atoms with Gasteiger partial charge in [0.2, 0.25) is 21.8 Å². The van der Waals surface area contributed by atoms with Crippen LogP contribution in [0, 0.1) is 13.8 Å². The Hall–Kier alpha value is -3.07. The molecule has 0 spiro atoms. The van der Waals surface area contributed by atoms with Gasteiger partial charge in [0.1, 0.15) is 11.8 Å². The van der Waals surface area contributed by atoms with Gasteiger partial charge in [0.05, 0.1) is 19.1 Å². The molecular weight excluding hydrogens is 478 g/mol. The Morgan fingerprint density at radius 2 is 1.75 bits per heavy atom. The van der Waals surface area contributed by atoms with Crippen LogP contribution in [0.1, 0.15) is 49.8 Å². The molecule has 0 aliphatic rings. The smallest absolute Gasteiger partial charge is 0.242 e. The molecule has 0 aliphatic carbocycles. The van der Waals surface area contributed by atoms with Gasteiger partial charge in [-0.25, -0.2) is 8.42 Å². The van der Waals surface area contributed by atoms with E-state index in [2.05, 4.69) is 5.32 Å². The van der Waals surface area contributed by atoms with Crippen molar-refractivity contribution in [3.05, 3.63) is 59.2 Å². The average molecular weight is 518 g/mol. The standard InChI is InChI=1S/C27H39N3O5S/c1-7-16-28-27(32)22(4)29(19-23-12-14-24(35-5)15-13-23)26(31)9-8-17-30(36(6,33)34)25-18-20(2)10-11-21(25)3/h10-15,18,22H,7-9,16-17,19H2,1-6H3,(H,28,32)/t22-/m0/s1. The minimum Gasteiger partial charge on any atom is -0.497 e. The fourth-order valence-electron chi connectivity index (χ4n) is 3.88.